The summed E-state index contributed by atoms with van der Waals surface area (Å²) in [5, 5.41) is 4.07. The average molecular weight is 434 g/mol. The zero-order chi connectivity index (χ0) is 22.3. The molecular weight excluding hydrogens is 406 g/mol. The lowest BCUT2D eigenvalue weighted by molar-refractivity contribution is -0.124. The molecule has 1 aromatic heterocycles. The van der Waals surface area contributed by atoms with E-state index in [-0.39, 0.29) is 11.9 Å². The molecule has 32 heavy (non-hydrogen) atoms. The quantitative estimate of drug-likeness (QED) is 0.498. The number of hydrogen-bond donors (Lipinski definition) is 0. The molecule has 1 unspecified atom stereocenters. The summed E-state index contributed by atoms with van der Waals surface area (Å²) in [5.74, 6) is 0.998. The summed E-state index contributed by atoms with van der Waals surface area (Å²) in [6.07, 6.45) is 3.29. The molecule has 2 aromatic carbocycles. The molecule has 2 heterocycles. The number of aromatic nitrogens is 2. The van der Waals surface area contributed by atoms with Gasteiger partial charge in [0.25, 0.3) is 0 Å². The minimum absolute atomic E-state index is 0.0562. The van der Waals surface area contributed by atoms with E-state index in [1.54, 1.807) is 24.3 Å². The van der Waals surface area contributed by atoms with Gasteiger partial charge in [0.2, 0.25) is 11.7 Å². The summed E-state index contributed by atoms with van der Waals surface area (Å²) < 4.78 is 10.2. The Morgan fingerprint density at radius 2 is 1.91 bits per heavy atom. The number of rotatable bonds is 8. The molecular formula is C25H27N3O4. The molecule has 4 rings (SSSR count). The van der Waals surface area contributed by atoms with Crippen molar-refractivity contribution in [2.24, 2.45) is 5.92 Å². The first-order valence-corrected chi connectivity index (χ1v) is 10.9. The molecule has 0 N–H and O–H groups in total. The van der Waals surface area contributed by atoms with Crippen LogP contribution in [0.4, 0.5) is 0 Å². The summed E-state index contributed by atoms with van der Waals surface area (Å²) in [4.78, 5) is 31.0. The number of carbonyl (C=O) groups excluding carboxylic acids is 2. The van der Waals surface area contributed by atoms with Crippen molar-refractivity contribution in [1.29, 1.82) is 0 Å². The Morgan fingerprint density at radius 1 is 1.12 bits per heavy atom. The number of piperidine rings is 1. The van der Waals surface area contributed by atoms with Gasteiger partial charge in [0, 0.05) is 24.4 Å². The first-order valence-electron chi connectivity index (χ1n) is 10.9. The number of Topliss-reactive ketones (excluding diaryl/α,β-unsaturated/α-hetero) is 1. The number of ketones is 1. The summed E-state index contributed by atoms with van der Waals surface area (Å²) >= 11 is 0. The molecule has 1 fully saturated rings. The van der Waals surface area contributed by atoms with Crippen molar-refractivity contribution >= 4 is 11.8 Å². The van der Waals surface area contributed by atoms with E-state index in [0.717, 1.165) is 37.9 Å². The van der Waals surface area contributed by atoms with Crippen LogP contribution in [0.25, 0.3) is 11.4 Å². The highest BCUT2D eigenvalue weighted by molar-refractivity contribution is 5.89. The Bertz CT molecular complexity index is 1050. The molecule has 0 amide bonds. The molecule has 0 saturated carbocycles. The van der Waals surface area contributed by atoms with Crippen molar-refractivity contribution in [3.8, 4) is 11.4 Å². The fraction of sp³-hybridized carbons (Fsp3) is 0.360. The third-order valence-electron chi connectivity index (χ3n) is 5.85. The molecule has 3 aromatic rings. The minimum atomic E-state index is -0.386. The lowest BCUT2D eigenvalue weighted by Crippen LogP contribution is -2.38. The van der Waals surface area contributed by atoms with E-state index < -0.39 is 0 Å². The summed E-state index contributed by atoms with van der Waals surface area (Å²) in [5.41, 5.74) is 2.43. The van der Waals surface area contributed by atoms with Crippen LogP contribution in [0, 0.1) is 5.92 Å². The SMILES string of the molecule is COC(=O)c1ccc(-c2noc(CN3CCCC(C(=O)CCc4ccccc4)C3)n2)cc1. The van der Waals surface area contributed by atoms with Gasteiger partial charge in [-0.05, 0) is 43.5 Å². The first-order chi connectivity index (χ1) is 15.6. The highest BCUT2D eigenvalue weighted by Gasteiger charge is 2.26. The Labute approximate surface area is 187 Å². The van der Waals surface area contributed by atoms with Gasteiger partial charge in [-0.3, -0.25) is 9.69 Å². The van der Waals surface area contributed by atoms with E-state index in [1.165, 1.54) is 12.7 Å². The van der Waals surface area contributed by atoms with Crippen LogP contribution in [0.2, 0.25) is 0 Å². The molecule has 0 aliphatic carbocycles. The maximum absolute atomic E-state index is 12.7. The summed E-state index contributed by atoms with van der Waals surface area (Å²) in [6, 6.07) is 17.0. The minimum Gasteiger partial charge on any atom is -0.465 e. The largest absolute Gasteiger partial charge is 0.465 e. The zero-order valence-corrected chi connectivity index (χ0v) is 18.2. The van der Waals surface area contributed by atoms with Gasteiger partial charge in [-0.1, -0.05) is 47.6 Å². The van der Waals surface area contributed by atoms with Gasteiger partial charge in [-0.25, -0.2) is 4.79 Å². The maximum Gasteiger partial charge on any atom is 0.337 e. The highest BCUT2D eigenvalue weighted by Crippen LogP contribution is 2.22. The summed E-state index contributed by atoms with van der Waals surface area (Å²) in [6.45, 7) is 2.16. The Hall–Kier alpha value is -3.32. The van der Waals surface area contributed by atoms with Gasteiger partial charge >= 0.3 is 5.97 Å². The molecule has 7 heteroatoms. The second-order valence-electron chi connectivity index (χ2n) is 8.11. The molecule has 166 valence electrons. The number of benzene rings is 2. The van der Waals surface area contributed by atoms with Gasteiger partial charge < -0.3 is 9.26 Å². The Morgan fingerprint density at radius 3 is 2.66 bits per heavy atom. The molecule has 0 spiro atoms. The lowest BCUT2D eigenvalue weighted by atomic mass is 9.90. The molecule has 7 nitrogen and oxygen atoms in total. The lowest BCUT2D eigenvalue weighted by Gasteiger charge is -2.30. The third-order valence-corrected chi connectivity index (χ3v) is 5.85. The molecule has 1 aliphatic rings. The number of methoxy groups -OCH3 is 1. The van der Waals surface area contributed by atoms with Crippen LogP contribution < -0.4 is 0 Å². The highest BCUT2D eigenvalue weighted by atomic mass is 16.5. The van der Waals surface area contributed by atoms with Crippen LogP contribution in [0.15, 0.2) is 59.1 Å². The number of ether oxygens (including phenoxy) is 1. The first kappa shape index (κ1) is 21.9. The van der Waals surface area contributed by atoms with Crippen molar-refractivity contribution < 1.29 is 18.8 Å². The van der Waals surface area contributed by atoms with Gasteiger partial charge in [0.1, 0.15) is 5.78 Å². The number of likely N-dealkylation sites (tertiary alicyclic amines) is 1. The zero-order valence-electron chi connectivity index (χ0n) is 18.2. The smallest absolute Gasteiger partial charge is 0.337 e. The van der Waals surface area contributed by atoms with Gasteiger partial charge in [0.15, 0.2) is 0 Å². The van der Waals surface area contributed by atoms with Crippen molar-refractivity contribution in [3.63, 3.8) is 0 Å². The average Bonchev–Trinajstić information content (AvgIpc) is 3.31. The standard InChI is InChI=1S/C25H27N3O4/c1-31-25(30)20-12-10-19(11-13-20)24-26-23(32-27-24)17-28-15-5-8-21(16-28)22(29)14-9-18-6-3-2-4-7-18/h2-4,6-7,10-13,21H,5,8-9,14-17H2,1H3. The molecule has 0 radical (unpaired) electrons. The monoisotopic (exact) mass is 433 g/mol. The van der Waals surface area contributed by atoms with Gasteiger partial charge in [-0.2, -0.15) is 4.98 Å². The van der Waals surface area contributed by atoms with E-state index in [2.05, 4.69) is 27.2 Å². The van der Waals surface area contributed by atoms with Crippen molar-refractivity contribution in [2.45, 2.75) is 32.2 Å². The predicted molar refractivity (Wildman–Crippen MR) is 119 cm³/mol. The summed E-state index contributed by atoms with van der Waals surface area (Å²) in [7, 11) is 1.35. The van der Waals surface area contributed by atoms with Crippen LogP contribution in [-0.4, -0.2) is 47.0 Å². The predicted octanol–water partition coefficient (Wildman–Crippen LogP) is 3.94. The number of nitrogens with zero attached hydrogens (tertiary/aromatic N) is 3. The Balaban J connectivity index is 1.32. The van der Waals surface area contributed by atoms with Crippen LogP contribution in [0.1, 0.15) is 41.1 Å². The normalized spacial score (nSPS) is 16.6. The van der Waals surface area contributed by atoms with E-state index in [9.17, 15) is 9.59 Å². The molecule has 0 bridgehead atoms. The van der Waals surface area contributed by atoms with E-state index in [4.69, 9.17) is 9.26 Å². The number of aryl methyl sites for hydroxylation is 1. The van der Waals surface area contributed by atoms with Crippen molar-refractivity contribution in [1.82, 2.24) is 15.0 Å². The van der Waals surface area contributed by atoms with Crippen LogP contribution >= 0.6 is 0 Å². The molecule has 1 saturated heterocycles. The van der Waals surface area contributed by atoms with E-state index >= 15 is 0 Å². The third kappa shape index (κ3) is 5.48. The van der Waals surface area contributed by atoms with E-state index in [1.807, 2.05) is 18.2 Å². The number of hydrogen-bond acceptors (Lipinski definition) is 7. The molecule has 1 aliphatic heterocycles. The maximum atomic E-state index is 12.7. The van der Waals surface area contributed by atoms with Crippen molar-refractivity contribution in [2.75, 3.05) is 20.2 Å². The van der Waals surface area contributed by atoms with Crippen LogP contribution in [0.3, 0.4) is 0 Å². The topological polar surface area (TPSA) is 85.5 Å². The van der Waals surface area contributed by atoms with Crippen LogP contribution in [-0.2, 0) is 22.5 Å². The van der Waals surface area contributed by atoms with Crippen molar-refractivity contribution in [3.05, 3.63) is 71.6 Å². The van der Waals surface area contributed by atoms with E-state index in [0.29, 0.717) is 36.0 Å². The van der Waals surface area contributed by atoms with Gasteiger partial charge in [-0.15, -0.1) is 0 Å². The fourth-order valence-corrected chi connectivity index (χ4v) is 4.08. The van der Waals surface area contributed by atoms with Gasteiger partial charge in [0.05, 0.1) is 19.2 Å². The fourth-order valence-electron chi connectivity index (χ4n) is 4.08. The number of esters is 1. The Kier molecular flexibility index (Phi) is 7.07. The second-order valence-corrected chi connectivity index (χ2v) is 8.11. The van der Waals surface area contributed by atoms with Crippen LogP contribution in [0.5, 0.6) is 0 Å². The number of carbonyl (C=O) groups is 2. The molecule has 1 atom stereocenters. The second kappa shape index (κ2) is 10.3.